The van der Waals surface area contributed by atoms with E-state index in [9.17, 15) is 4.39 Å². The van der Waals surface area contributed by atoms with Gasteiger partial charge in [-0.15, -0.1) is 10.2 Å². The normalized spacial score (nSPS) is 15.5. The maximum Gasteiger partial charge on any atom is 0.247 e. The van der Waals surface area contributed by atoms with Gasteiger partial charge in [0.2, 0.25) is 11.8 Å². The summed E-state index contributed by atoms with van der Waals surface area (Å²) in [6.45, 7) is 7.47. The van der Waals surface area contributed by atoms with Gasteiger partial charge in [-0.1, -0.05) is 48.5 Å². The molecule has 0 aliphatic carbocycles. The first-order valence-electron chi connectivity index (χ1n) is 11.3. The lowest BCUT2D eigenvalue weighted by Gasteiger charge is -2.39. The first-order valence-corrected chi connectivity index (χ1v) is 11.3. The molecule has 4 aromatic rings. The number of hydrogen-bond donors (Lipinski definition) is 0. The van der Waals surface area contributed by atoms with Crippen molar-refractivity contribution in [1.82, 2.24) is 15.1 Å². The van der Waals surface area contributed by atoms with Crippen molar-refractivity contribution in [1.29, 1.82) is 0 Å². The monoisotopic (exact) mass is 442 g/mol. The fraction of sp³-hybridized carbons (Fsp3) is 0.259. The molecule has 5 nitrogen and oxygen atoms in total. The summed E-state index contributed by atoms with van der Waals surface area (Å²) in [5.41, 5.74) is 5.19. The number of anilines is 1. The number of benzene rings is 3. The van der Waals surface area contributed by atoms with Crippen LogP contribution in [0, 0.1) is 19.7 Å². The van der Waals surface area contributed by atoms with Gasteiger partial charge in [0, 0.05) is 43.0 Å². The molecule has 1 aliphatic heterocycles. The Kier molecular flexibility index (Phi) is 5.92. The molecule has 1 fully saturated rings. The number of nitrogens with zero attached hydrogens (tertiary/aromatic N) is 4. The van der Waals surface area contributed by atoms with Crippen LogP contribution in [0.1, 0.15) is 28.6 Å². The van der Waals surface area contributed by atoms with Crippen molar-refractivity contribution in [2.75, 3.05) is 31.1 Å². The number of aryl methyl sites for hydroxylation is 2. The van der Waals surface area contributed by atoms with Crippen LogP contribution in [0.25, 0.3) is 11.5 Å². The minimum atomic E-state index is -0.433. The van der Waals surface area contributed by atoms with Crippen LogP contribution in [-0.2, 0) is 0 Å². The molecule has 0 unspecified atom stereocenters. The summed E-state index contributed by atoms with van der Waals surface area (Å²) >= 11 is 0. The van der Waals surface area contributed by atoms with E-state index in [4.69, 9.17) is 4.42 Å². The molecule has 1 aromatic heterocycles. The van der Waals surface area contributed by atoms with Crippen LogP contribution >= 0.6 is 0 Å². The van der Waals surface area contributed by atoms with E-state index in [2.05, 4.69) is 52.0 Å². The summed E-state index contributed by atoms with van der Waals surface area (Å²) in [6.07, 6.45) is 0. The van der Waals surface area contributed by atoms with Crippen molar-refractivity contribution < 1.29 is 8.81 Å². The van der Waals surface area contributed by atoms with Gasteiger partial charge < -0.3 is 9.32 Å². The molecule has 0 saturated carbocycles. The van der Waals surface area contributed by atoms with E-state index in [1.165, 1.54) is 22.9 Å². The van der Waals surface area contributed by atoms with Gasteiger partial charge >= 0.3 is 0 Å². The highest BCUT2D eigenvalue weighted by Crippen LogP contribution is 2.33. The van der Waals surface area contributed by atoms with E-state index in [1.807, 2.05) is 42.5 Å². The standard InChI is InChI=1S/C27H27FN4O/c1-19-12-13-20(2)24(18-19)31-14-16-32(17-15-31)25(22-10-6-7-11-23(22)28)27-30-29-26(33-27)21-8-4-3-5-9-21/h3-13,18,25H,14-17H2,1-2H3/t25-/m1/s1. The largest absolute Gasteiger partial charge is 0.419 e. The van der Waals surface area contributed by atoms with Gasteiger partial charge in [-0.05, 0) is 49.2 Å². The molecule has 0 spiro atoms. The third kappa shape index (κ3) is 4.39. The number of piperazine rings is 1. The number of hydrogen-bond acceptors (Lipinski definition) is 5. The van der Waals surface area contributed by atoms with Gasteiger partial charge in [0.05, 0.1) is 0 Å². The lowest BCUT2D eigenvalue weighted by atomic mass is 10.0. The van der Waals surface area contributed by atoms with Gasteiger partial charge in [0.15, 0.2) is 0 Å². The molecular weight excluding hydrogens is 415 g/mol. The topological polar surface area (TPSA) is 45.4 Å². The molecule has 0 radical (unpaired) electrons. The third-order valence-corrected chi connectivity index (χ3v) is 6.28. The van der Waals surface area contributed by atoms with Gasteiger partial charge in [0.25, 0.3) is 0 Å². The zero-order valence-corrected chi connectivity index (χ0v) is 18.9. The van der Waals surface area contributed by atoms with Crippen LogP contribution in [0.5, 0.6) is 0 Å². The van der Waals surface area contributed by atoms with Crippen molar-refractivity contribution in [2.24, 2.45) is 0 Å². The molecular formula is C27H27FN4O. The van der Waals surface area contributed by atoms with Crippen LogP contribution in [0.3, 0.4) is 0 Å². The fourth-order valence-corrected chi connectivity index (χ4v) is 4.51. The maximum atomic E-state index is 14.9. The Labute approximate surface area is 193 Å². The molecule has 1 saturated heterocycles. The van der Waals surface area contributed by atoms with Crippen molar-refractivity contribution in [3.8, 4) is 11.5 Å². The molecule has 1 atom stereocenters. The minimum Gasteiger partial charge on any atom is -0.419 e. The molecule has 1 aliphatic rings. The Morgan fingerprint density at radius 1 is 0.848 bits per heavy atom. The van der Waals surface area contributed by atoms with E-state index in [-0.39, 0.29) is 5.82 Å². The Morgan fingerprint density at radius 2 is 1.58 bits per heavy atom. The van der Waals surface area contributed by atoms with Crippen LogP contribution in [-0.4, -0.2) is 41.3 Å². The summed E-state index contributed by atoms with van der Waals surface area (Å²) in [7, 11) is 0. The lowest BCUT2D eigenvalue weighted by molar-refractivity contribution is 0.184. The van der Waals surface area contributed by atoms with E-state index in [1.54, 1.807) is 6.07 Å². The SMILES string of the molecule is Cc1ccc(C)c(N2CCN([C@@H](c3nnc(-c4ccccc4)o3)c3ccccc3F)CC2)c1. The molecule has 33 heavy (non-hydrogen) atoms. The second kappa shape index (κ2) is 9.16. The predicted octanol–water partition coefficient (Wildman–Crippen LogP) is 5.40. The molecule has 6 heteroatoms. The van der Waals surface area contributed by atoms with Gasteiger partial charge in [-0.25, -0.2) is 4.39 Å². The number of halogens is 1. The van der Waals surface area contributed by atoms with E-state index >= 15 is 0 Å². The Bertz CT molecular complexity index is 1230. The molecule has 5 rings (SSSR count). The quantitative estimate of drug-likeness (QED) is 0.414. The smallest absolute Gasteiger partial charge is 0.247 e. The summed E-state index contributed by atoms with van der Waals surface area (Å²) in [6, 6.07) is 22.6. The van der Waals surface area contributed by atoms with Gasteiger partial charge in [0.1, 0.15) is 11.9 Å². The number of aromatic nitrogens is 2. The predicted molar refractivity (Wildman–Crippen MR) is 128 cm³/mol. The zero-order chi connectivity index (χ0) is 22.8. The minimum absolute atomic E-state index is 0.265. The average molecular weight is 443 g/mol. The Balaban J connectivity index is 1.44. The molecule has 3 aromatic carbocycles. The highest BCUT2D eigenvalue weighted by molar-refractivity contribution is 5.55. The van der Waals surface area contributed by atoms with Crippen molar-refractivity contribution in [3.05, 3.63) is 101 Å². The Morgan fingerprint density at radius 3 is 2.33 bits per heavy atom. The van der Waals surface area contributed by atoms with Crippen LogP contribution in [0.4, 0.5) is 10.1 Å². The van der Waals surface area contributed by atoms with Gasteiger partial charge in [-0.3, -0.25) is 4.90 Å². The highest BCUT2D eigenvalue weighted by atomic mass is 19.1. The van der Waals surface area contributed by atoms with Crippen molar-refractivity contribution in [2.45, 2.75) is 19.9 Å². The van der Waals surface area contributed by atoms with E-state index in [0.29, 0.717) is 17.3 Å². The van der Waals surface area contributed by atoms with Crippen LogP contribution in [0.15, 0.2) is 77.2 Å². The van der Waals surface area contributed by atoms with Crippen molar-refractivity contribution in [3.63, 3.8) is 0 Å². The molecule has 0 amide bonds. The molecule has 0 N–H and O–H groups in total. The lowest BCUT2D eigenvalue weighted by Crippen LogP contribution is -2.48. The molecule has 2 heterocycles. The maximum absolute atomic E-state index is 14.9. The van der Waals surface area contributed by atoms with Crippen molar-refractivity contribution >= 4 is 5.69 Å². The summed E-state index contributed by atoms with van der Waals surface area (Å²) < 4.78 is 21.0. The third-order valence-electron chi connectivity index (χ3n) is 6.28. The molecule has 168 valence electrons. The highest BCUT2D eigenvalue weighted by Gasteiger charge is 2.32. The average Bonchev–Trinajstić information content (AvgIpc) is 3.33. The summed E-state index contributed by atoms with van der Waals surface area (Å²) in [4.78, 5) is 4.64. The number of rotatable bonds is 5. The second-order valence-corrected chi connectivity index (χ2v) is 8.55. The Hall–Kier alpha value is -3.51. The summed E-state index contributed by atoms with van der Waals surface area (Å²) in [5, 5.41) is 8.61. The fourth-order valence-electron chi connectivity index (χ4n) is 4.51. The summed E-state index contributed by atoms with van der Waals surface area (Å²) in [5.74, 6) is 0.596. The van der Waals surface area contributed by atoms with E-state index in [0.717, 1.165) is 31.7 Å². The first kappa shape index (κ1) is 21.3. The van der Waals surface area contributed by atoms with E-state index < -0.39 is 6.04 Å². The van der Waals surface area contributed by atoms with Gasteiger partial charge in [-0.2, -0.15) is 0 Å². The second-order valence-electron chi connectivity index (χ2n) is 8.55. The molecule has 0 bridgehead atoms. The van der Waals surface area contributed by atoms with Crippen LogP contribution < -0.4 is 4.90 Å². The zero-order valence-electron chi connectivity index (χ0n) is 18.9. The first-order chi connectivity index (χ1) is 16.1. The van der Waals surface area contributed by atoms with Crippen LogP contribution in [0.2, 0.25) is 0 Å².